The lowest BCUT2D eigenvalue weighted by molar-refractivity contribution is -0.384. The van der Waals surface area contributed by atoms with Crippen molar-refractivity contribution in [2.45, 2.75) is 10.8 Å². The van der Waals surface area contributed by atoms with E-state index < -0.39 is 10.8 Å². The van der Waals surface area contributed by atoms with Gasteiger partial charge in [-0.15, -0.1) is 11.3 Å². The Morgan fingerprint density at radius 3 is 2.88 bits per heavy atom. The van der Waals surface area contributed by atoms with Gasteiger partial charge in [-0.1, -0.05) is 35.5 Å². The Morgan fingerprint density at radius 2 is 2.12 bits per heavy atom. The lowest BCUT2D eigenvalue weighted by atomic mass is 10.2. The number of carbonyl (C=O) groups is 1. The van der Waals surface area contributed by atoms with E-state index in [4.69, 9.17) is 11.6 Å². The minimum absolute atomic E-state index is 0.111. The van der Waals surface area contributed by atoms with E-state index in [1.165, 1.54) is 18.2 Å². The molecule has 0 saturated carbocycles. The zero-order valence-electron chi connectivity index (χ0n) is 13.5. The third-order valence-electron chi connectivity index (χ3n) is 3.51. The van der Waals surface area contributed by atoms with Crippen molar-refractivity contribution < 1.29 is 9.72 Å². The van der Waals surface area contributed by atoms with Gasteiger partial charge in [0.1, 0.15) is 0 Å². The van der Waals surface area contributed by atoms with Gasteiger partial charge in [0.25, 0.3) is 11.6 Å². The number of nitro benzene ring substituents is 1. The Morgan fingerprint density at radius 1 is 1.31 bits per heavy atom. The second-order valence-electron chi connectivity index (χ2n) is 5.33. The summed E-state index contributed by atoms with van der Waals surface area (Å²) in [6.45, 7) is 0.454. The van der Waals surface area contributed by atoms with Crippen LogP contribution in [0.5, 0.6) is 0 Å². The van der Waals surface area contributed by atoms with Crippen molar-refractivity contribution >= 4 is 56.5 Å². The fourth-order valence-corrected chi connectivity index (χ4v) is 4.52. The van der Waals surface area contributed by atoms with E-state index in [0.29, 0.717) is 6.54 Å². The predicted molar refractivity (Wildman–Crippen MR) is 105 cm³/mol. The van der Waals surface area contributed by atoms with E-state index >= 15 is 0 Å². The molecular weight excluding hydrogens is 394 g/mol. The van der Waals surface area contributed by atoms with Gasteiger partial charge in [-0.05, 0) is 24.6 Å². The van der Waals surface area contributed by atoms with E-state index in [2.05, 4.69) is 10.3 Å². The number of nitro groups is 1. The van der Waals surface area contributed by atoms with Crippen LogP contribution < -0.4 is 5.32 Å². The largest absolute Gasteiger partial charge is 0.352 e. The lowest BCUT2D eigenvalue weighted by Gasteiger charge is -2.06. The van der Waals surface area contributed by atoms with Crippen LogP contribution in [-0.4, -0.2) is 28.1 Å². The first-order valence-corrected chi connectivity index (χ1v) is 9.93. The topological polar surface area (TPSA) is 85.1 Å². The number of hydrogen-bond acceptors (Lipinski definition) is 6. The predicted octanol–water partition coefficient (Wildman–Crippen LogP) is 4.77. The molecule has 1 amide bonds. The fraction of sp³-hybridized carbons (Fsp3) is 0.176. The highest BCUT2D eigenvalue weighted by Gasteiger charge is 2.15. The molecule has 0 aliphatic carbocycles. The first-order chi connectivity index (χ1) is 12.5. The molecule has 0 atom stereocenters. The van der Waals surface area contributed by atoms with Crippen LogP contribution in [0.1, 0.15) is 16.8 Å². The summed E-state index contributed by atoms with van der Waals surface area (Å²) >= 11 is 9.25. The molecule has 3 rings (SSSR count). The molecule has 1 aromatic heterocycles. The summed E-state index contributed by atoms with van der Waals surface area (Å²) in [4.78, 5) is 27.0. The van der Waals surface area contributed by atoms with Gasteiger partial charge >= 0.3 is 0 Å². The molecule has 9 heteroatoms. The maximum atomic E-state index is 12.2. The molecule has 0 radical (unpaired) electrons. The third kappa shape index (κ3) is 4.51. The van der Waals surface area contributed by atoms with E-state index in [1.54, 1.807) is 23.1 Å². The average molecular weight is 408 g/mol. The molecule has 0 bridgehead atoms. The molecule has 0 aliphatic rings. The lowest BCUT2D eigenvalue weighted by Crippen LogP contribution is -2.25. The normalized spacial score (nSPS) is 10.8. The highest BCUT2D eigenvalue weighted by atomic mass is 35.5. The number of halogens is 1. The van der Waals surface area contributed by atoms with Crippen molar-refractivity contribution in [1.29, 1.82) is 0 Å². The Balaban J connectivity index is 1.48. The molecule has 0 spiro atoms. The summed E-state index contributed by atoms with van der Waals surface area (Å²) in [7, 11) is 0. The Kier molecular flexibility index (Phi) is 6.08. The van der Waals surface area contributed by atoms with Crippen molar-refractivity contribution in [2.75, 3.05) is 12.3 Å². The smallest absolute Gasteiger partial charge is 0.270 e. The number of aromatic nitrogens is 1. The molecule has 2 aromatic carbocycles. The van der Waals surface area contributed by atoms with E-state index in [-0.39, 0.29) is 16.3 Å². The van der Waals surface area contributed by atoms with Crippen LogP contribution in [0.3, 0.4) is 0 Å². The number of non-ortho nitro benzene ring substituents is 1. The summed E-state index contributed by atoms with van der Waals surface area (Å²) in [5.41, 5.74) is 0.944. The van der Waals surface area contributed by atoms with Crippen LogP contribution in [0.4, 0.5) is 5.69 Å². The standard InChI is InChI=1S/C17H14ClN3O3S2/c18-13-7-6-11(21(23)24)10-12(13)16(22)19-8-3-9-25-17-20-14-4-1-2-5-15(14)26-17/h1-2,4-7,10H,3,8-9H2,(H,19,22). The quantitative estimate of drug-likeness (QED) is 0.264. The van der Waals surface area contributed by atoms with Crippen LogP contribution in [0.15, 0.2) is 46.8 Å². The maximum absolute atomic E-state index is 12.2. The van der Waals surface area contributed by atoms with E-state index in [1.807, 2.05) is 24.3 Å². The van der Waals surface area contributed by atoms with Crippen molar-refractivity contribution in [2.24, 2.45) is 0 Å². The second kappa shape index (κ2) is 8.48. The van der Waals surface area contributed by atoms with Crippen LogP contribution >= 0.6 is 34.7 Å². The second-order valence-corrected chi connectivity index (χ2v) is 8.11. The molecule has 0 fully saturated rings. The SMILES string of the molecule is O=C(NCCCSc1nc2ccccc2s1)c1cc([N+](=O)[O-])ccc1Cl. The highest BCUT2D eigenvalue weighted by molar-refractivity contribution is 8.01. The Labute approximate surface area is 162 Å². The van der Waals surface area contributed by atoms with Crippen molar-refractivity contribution in [3.05, 3.63) is 63.2 Å². The molecule has 6 nitrogen and oxygen atoms in total. The highest BCUT2D eigenvalue weighted by Crippen LogP contribution is 2.29. The van der Waals surface area contributed by atoms with Gasteiger partial charge in [0.05, 0.1) is 25.7 Å². The minimum Gasteiger partial charge on any atom is -0.352 e. The zero-order chi connectivity index (χ0) is 18.5. The molecule has 26 heavy (non-hydrogen) atoms. The summed E-state index contributed by atoms with van der Waals surface area (Å²) in [6, 6.07) is 11.8. The third-order valence-corrected chi connectivity index (χ3v) is 6.11. The first kappa shape index (κ1) is 18.6. The molecule has 1 heterocycles. The fourth-order valence-electron chi connectivity index (χ4n) is 2.24. The number of amides is 1. The number of nitrogens with one attached hydrogen (secondary N) is 1. The summed E-state index contributed by atoms with van der Waals surface area (Å²) in [6.07, 6.45) is 0.749. The van der Waals surface area contributed by atoms with Gasteiger partial charge < -0.3 is 5.32 Å². The molecule has 0 unspecified atom stereocenters. The minimum atomic E-state index is -0.554. The van der Waals surface area contributed by atoms with E-state index in [9.17, 15) is 14.9 Å². The molecule has 134 valence electrons. The number of carbonyl (C=O) groups excluding carboxylic acids is 1. The van der Waals surface area contributed by atoms with E-state index in [0.717, 1.165) is 26.7 Å². The van der Waals surface area contributed by atoms with Crippen molar-refractivity contribution in [3.8, 4) is 0 Å². The van der Waals surface area contributed by atoms with Crippen LogP contribution in [0, 0.1) is 10.1 Å². The van der Waals surface area contributed by atoms with Crippen molar-refractivity contribution in [1.82, 2.24) is 10.3 Å². The van der Waals surface area contributed by atoms with Gasteiger partial charge in [0.15, 0.2) is 4.34 Å². The number of hydrogen-bond donors (Lipinski definition) is 1. The molecule has 0 aliphatic heterocycles. The number of fused-ring (bicyclic) bond motifs is 1. The van der Waals surface area contributed by atoms with Crippen LogP contribution in [-0.2, 0) is 0 Å². The van der Waals surface area contributed by atoms with Crippen molar-refractivity contribution in [3.63, 3.8) is 0 Å². The number of rotatable bonds is 7. The Bertz CT molecular complexity index is 928. The first-order valence-electron chi connectivity index (χ1n) is 7.75. The molecule has 1 N–H and O–H groups in total. The summed E-state index contributed by atoms with van der Waals surface area (Å²) < 4.78 is 2.16. The van der Waals surface area contributed by atoms with Crippen LogP contribution in [0.25, 0.3) is 10.2 Å². The Hall–Kier alpha value is -2.16. The van der Waals surface area contributed by atoms with Gasteiger partial charge in [0.2, 0.25) is 0 Å². The maximum Gasteiger partial charge on any atom is 0.270 e. The number of benzene rings is 2. The number of thiazole rings is 1. The monoisotopic (exact) mass is 407 g/mol. The summed E-state index contributed by atoms with van der Waals surface area (Å²) in [5, 5.41) is 13.7. The summed E-state index contributed by atoms with van der Waals surface area (Å²) in [5.74, 6) is 0.395. The number of thioether (sulfide) groups is 1. The van der Waals surface area contributed by atoms with Crippen LogP contribution in [0.2, 0.25) is 5.02 Å². The number of para-hydroxylation sites is 1. The average Bonchev–Trinajstić information content (AvgIpc) is 3.04. The molecule has 3 aromatic rings. The van der Waals surface area contributed by atoms with Gasteiger partial charge in [-0.25, -0.2) is 4.98 Å². The van der Waals surface area contributed by atoms with Gasteiger partial charge in [-0.3, -0.25) is 14.9 Å². The van der Waals surface area contributed by atoms with Gasteiger partial charge in [0, 0.05) is 24.4 Å². The molecular formula is C17H14ClN3O3S2. The zero-order valence-corrected chi connectivity index (χ0v) is 15.9. The molecule has 0 saturated heterocycles. The number of nitrogens with zero attached hydrogens (tertiary/aromatic N) is 2. The van der Waals surface area contributed by atoms with Gasteiger partial charge in [-0.2, -0.15) is 0 Å².